The highest BCUT2D eigenvalue weighted by Crippen LogP contribution is 2.31. The van der Waals surface area contributed by atoms with Gasteiger partial charge >= 0.3 is 0 Å². The lowest BCUT2D eigenvalue weighted by molar-refractivity contribution is 1.26. The molecule has 0 N–H and O–H groups in total. The van der Waals surface area contributed by atoms with Crippen LogP contribution in [0, 0.1) is 0 Å². The van der Waals surface area contributed by atoms with Crippen LogP contribution < -0.4 is 0 Å². The molecule has 6 aromatic rings. The van der Waals surface area contributed by atoms with Gasteiger partial charge in [0.15, 0.2) is 0 Å². The largest absolute Gasteiger partial charge is 0.254 e. The monoisotopic (exact) mass is 408 g/mol. The van der Waals surface area contributed by atoms with Crippen molar-refractivity contribution in [3.63, 3.8) is 0 Å². The van der Waals surface area contributed by atoms with Gasteiger partial charge in [-0.15, -0.1) is 0 Å². The second-order valence-electron chi connectivity index (χ2n) is 7.97. The quantitative estimate of drug-likeness (QED) is 0.299. The maximum atomic E-state index is 5.05. The van der Waals surface area contributed by atoms with Crippen LogP contribution in [-0.2, 0) is 0 Å². The van der Waals surface area contributed by atoms with Gasteiger partial charge in [-0.25, -0.2) is 4.98 Å². The fourth-order valence-corrected chi connectivity index (χ4v) is 4.18. The maximum absolute atomic E-state index is 5.05. The number of nitrogens with zero attached hydrogens (tertiary/aromatic N) is 2. The Kier molecular flexibility index (Phi) is 4.47. The summed E-state index contributed by atoms with van der Waals surface area (Å²) >= 11 is 0. The fraction of sp³-hybridized carbons (Fsp3) is 0. The van der Waals surface area contributed by atoms with Crippen molar-refractivity contribution in [3.8, 4) is 33.8 Å². The van der Waals surface area contributed by atoms with E-state index in [1.54, 1.807) is 0 Å². The predicted octanol–water partition coefficient (Wildman–Crippen LogP) is 7.78. The van der Waals surface area contributed by atoms with Crippen molar-refractivity contribution in [3.05, 3.63) is 121 Å². The maximum Gasteiger partial charge on any atom is 0.0900 e. The first-order valence-electron chi connectivity index (χ1n) is 10.8. The van der Waals surface area contributed by atoms with E-state index in [9.17, 15) is 0 Å². The van der Waals surface area contributed by atoms with E-state index >= 15 is 0 Å². The molecule has 2 heterocycles. The van der Waals surface area contributed by atoms with Crippen LogP contribution in [0.25, 0.3) is 55.3 Å². The summed E-state index contributed by atoms with van der Waals surface area (Å²) in [5.41, 5.74) is 6.10. The van der Waals surface area contributed by atoms with Crippen LogP contribution in [0.4, 0.5) is 0 Å². The average Bonchev–Trinajstić information content (AvgIpc) is 2.88. The summed E-state index contributed by atoms with van der Waals surface area (Å²) in [4.78, 5) is 9.78. The molecule has 0 fully saturated rings. The standard InChI is InChI=1S/C30H20N2/c1-2-8-21(9-3-1)27-18-28(25-15-14-22-10-4-5-11-23(22)16-25)32-30(19-27)29-17-24-12-6-7-13-26(24)20-31-29/h1-20H. The van der Waals surface area contributed by atoms with E-state index in [0.29, 0.717) is 0 Å². The number of benzene rings is 4. The van der Waals surface area contributed by atoms with Crippen LogP contribution >= 0.6 is 0 Å². The molecule has 0 aliphatic rings. The number of aromatic nitrogens is 2. The van der Waals surface area contributed by atoms with Crippen LogP contribution in [0.1, 0.15) is 0 Å². The fourth-order valence-electron chi connectivity index (χ4n) is 4.18. The van der Waals surface area contributed by atoms with Gasteiger partial charge in [0.1, 0.15) is 0 Å². The van der Waals surface area contributed by atoms with E-state index in [-0.39, 0.29) is 0 Å². The summed E-state index contributed by atoms with van der Waals surface area (Å²) in [5.74, 6) is 0. The van der Waals surface area contributed by atoms with Gasteiger partial charge in [0.25, 0.3) is 0 Å². The highest BCUT2D eigenvalue weighted by Gasteiger charge is 2.11. The minimum absolute atomic E-state index is 0.875. The number of hydrogen-bond donors (Lipinski definition) is 0. The zero-order valence-electron chi connectivity index (χ0n) is 17.4. The molecule has 0 radical (unpaired) electrons. The van der Waals surface area contributed by atoms with Gasteiger partial charge in [-0.2, -0.15) is 0 Å². The summed E-state index contributed by atoms with van der Waals surface area (Å²) < 4.78 is 0. The van der Waals surface area contributed by atoms with Crippen molar-refractivity contribution in [1.82, 2.24) is 9.97 Å². The van der Waals surface area contributed by atoms with Crippen LogP contribution in [-0.4, -0.2) is 9.97 Å². The van der Waals surface area contributed by atoms with E-state index in [1.807, 2.05) is 18.3 Å². The van der Waals surface area contributed by atoms with Crippen molar-refractivity contribution in [1.29, 1.82) is 0 Å². The molecule has 2 nitrogen and oxygen atoms in total. The first-order chi connectivity index (χ1) is 15.8. The zero-order valence-corrected chi connectivity index (χ0v) is 17.4. The Morgan fingerprint density at radius 2 is 1.03 bits per heavy atom. The summed E-state index contributed by atoms with van der Waals surface area (Å²) in [6.07, 6.45) is 1.93. The van der Waals surface area contributed by atoms with Crippen LogP contribution in [0.3, 0.4) is 0 Å². The summed E-state index contributed by atoms with van der Waals surface area (Å²) in [5, 5.41) is 4.73. The summed E-state index contributed by atoms with van der Waals surface area (Å²) in [7, 11) is 0. The van der Waals surface area contributed by atoms with E-state index in [1.165, 1.54) is 16.3 Å². The van der Waals surface area contributed by atoms with E-state index in [4.69, 9.17) is 9.97 Å². The van der Waals surface area contributed by atoms with Crippen LogP contribution in [0.2, 0.25) is 0 Å². The Hall–Kier alpha value is -4.30. The van der Waals surface area contributed by atoms with Crippen molar-refractivity contribution in [2.45, 2.75) is 0 Å². The second kappa shape index (κ2) is 7.75. The Bertz CT molecular complexity index is 1470. The van der Waals surface area contributed by atoms with Crippen molar-refractivity contribution in [2.24, 2.45) is 0 Å². The SMILES string of the molecule is c1ccc(-c2cc(-c3ccc4ccccc4c3)nc(-c3cc4ccccc4cn3)c2)cc1. The van der Waals surface area contributed by atoms with Crippen molar-refractivity contribution in [2.75, 3.05) is 0 Å². The average molecular weight is 409 g/mol. The van der Waals surface area contributed by atoms with Gasteiger partial charge in [-0.3, -0.25) is 4.98 Å². The number of rotatable bonds is 3. The van der Waals surface area contributed by atoms with Gasteiger partial charge in [-0.1, -0.05) is 91.0 Å². The minimum Gasteiger partial charge on any atom is -0.254 e. The molecule has 0 spiro atoms. The summed E-state index contributed by atoms with van der Waals surface area (Å²) in [6.45, 7) is 0. The normalized spacial score (nSPS) is 11.1. The molecule has 0 unspecified atom stereocenters. The molecule has 0 aliphatic heterocycles. The van der Waals surface area contributed by atoms with Gasteiger partial charge in [0.2, 0.25) is 0 Å². The van der Waals surface area contributed by atoms with Crippen molar-refractivity contribution < 1.29 is 0 Å². The topological polar surface area (TPSA) is 25.8 Å². The lowest BCUT2D eigenvalue weighted by Gasteiger charge is -2.11. The molecular weight excluding hydrogens is 388 g/mol. The summed E-state index contributed by atoms with van der Waals surface area (Å²) in [6, 6.07) is 40.1. The lowest BCUT2D eigenvalue weighted by Crippen LogP contribution is -1.93. The molecule has 0 bridgehead atoms. The Morgan fingerprint density at radius 1 is 0.375 bits per heavy atom. The highest BCUT2D eigenvalue weighted by molar-refractivity contribution is 5.88. The minimum atomic E-state index is 0.875. The van der Waals surface area contributed by atoms with E-state index < -0.39 is 0 Å². The molecule has 0 aliphatic carbocycles. The lowest BCUT2D eigenvalue weighted by atomic mass is 9.99. The molecular formula is C30H20N2. The van der Waals surface area contributed by atoms with Gasteiger partial charge in [-0.05, 0) is 51.6 Å². The smallest absolute Gasteiger partial charge is 0.0900 e. The third-order valence-electron chi connectivity index (χ3n) is 5.87. The molecule has 4 aromatic carbocycles. The van der Waals surface area contributed by atoms with E-state index in [0.717, 1.165) is 39.0 Å². The van der Waals surface area contributed by atoms with Crippen LogP contribution in [0.15, 0.2) is 121 Å². The molecule has 2 aromatic heterocycles. The predicted molar refractivity (Wildman–Crippen MR) is 133 cm³/mol. The number of pyridine rings is 2. The Balaban J connectivity index is 1.56. The van der Waals surface area contributed by atoms with Gasteiger partial charge < -0.3 is 0 Å². The highest BCUT2D eigenvalue weighted by atomic mass is 14.8. The molecule has 32 heavy (non-hydrogen) atoms. The molecule has 0 amide bonds. The number of hydrogen-bond acceptors (Lipinski definition) is 2. The van der Waals surface area contributed by atoms with E-state index in [2.05, 4.69) is 103 Å². The molecule has 6 rings (SSSR count). The van der Waals surface area contributed by atoms with Gasteiger partial charge in [0.05, 0.1) is 17.1 Å². The Labute approximate surface area is 186 Å². The van der Waals surface area contributed by atoms with Crippen molar-refractivity contribution >= 4 is 21.5 Å². The molecule has 2 heteroatoms. The molecule has 150 valence electrons. The molecule has 0 saturated carbocycles. The first kappa shape index (κ1) is 18.5. The Morgan fingerprint density at radius 3 is 1.84 bits per heavy atom. The third kappa shape index (κ3) is 3.42. The molecule has 0 saturated heterocycles. The second-order valence-corrected chi connectivity index (χ2v) is 7.97. The zero-order chi connectivity index (χ0) is 21.3. The first-order valence-corrected chi connectivity index (χ1v) is 10.8. The third-order valence-corrected chi connectivity index (χ3v) is 5.87. The van der Waals surface area contributed by atoms with Gasteiger partial charge in [0, 0.05) is 17.1 Å². The van der Waals surface area contributed by atoms with Crippen LogP contribution in [0.5, 0.6) is 0 Å². The molecule has 0 atom stereocenters. The number of fused-ring (bicyclic) bond motifs is 2.